The Bertz CT molecular complexity index is 867. The number of sulfonamides is 1. The van der Waals surface area contributed by atoms with E-state index in [4.69, 9.17) is 5.73 Å². The summed E-state index contributed by atoms with van der Waals surface area (Å²) in [7, 11) is -5.33. The zero-order chi connectivity index (χ0) is 15.9. The number of benzene rings is 2. The smallest absolute Gasteiger partial charge is 0.427 e. The molecule has 0 aliphatic carbocycles. The van der Waals surface area contributed by atoms with E-state index in [-0.39, 0.29) is 4.90 Å². The van der Waals surface area contributed by atoms with Gasteiger partial charge in [0.25, 0.3) is 10.0 Å². The van der Waals surface area contributed by atoms with E-state index < -0.39 is 17.1 Å². The van der Waals surface area contributed by atoms with Gasteiger partial charge in [-0.25, -0.2) is 8.42 Å². The number of hydrogen-bond acceptors (Lipinski definition) is 5. The van der Waals surface area contributed by atoms with Crippen molar-refractivity contribution in [3.8, 4) is 0 Å². The van der Waals surface area contributed by atoms with Crippen LogP contribution in [0.25, 0.3) is 0 Å². The quantitative estimate of drug-likeness (QED) is 0.615. The highest BCUT2D eigenvalue weighted by atomic mass is 32.2. The molecule has 8 heteroatoms. The number of nitrogens with zero attached hydrogens (tertiary/aromatic N) is 2. The topological polar surface area (TPSA) is 96.0 Å². The van der Waals surface area contributed by atoms with Crippen LogP contribution in [0.5, 0.6) is 0 Å². The molecule has 2 aromatic rings. The highest BCUT2D eigenvalue weighted by Crippen LogP contribution is 2.23. The van der Waals surface area contributed by atoms with Crippen LogP contribution in [0.2, 0.25) is 0 Å². The molecular weight excluding hydrogens is 301 g/mol. The maximum atomic E-state index is 12.8. The average molecular weight is 315 g/mol. The molecule has 0 amide bonds. The summed E-state index contributed by atoms with van der Waals surface area (Å²) in [6.07, 6.45) is 1.42. The molecule has 3 rings (SSSR count). The average Bonchev–Trinajstić information content (AvgIpc) is 2.47. The van der Waals surface area contributed by atoms with Crippen molar-refractivity contribution >= 4 is 34.4 Å². The second-order valence-electron chi connectivity index (χ2n) is 5.05. The van der Waals surface area contributed by atoms with Crippen molar-refractivity contribution < 1.29 is 13.4 Å². The Labute approximate surface area is 129 Å². The maximum Gasteiger partial charge on any atom is 0.484 e. The highest BCUT2D eigenvalue weighted by molar-refractivity contribution is 7.90. The number of hydrogen-bond donors (Lipinski definition) is 2. The number of aryl methyl sites for hydroxylation is 1. The third-order valence-corrected chi connectivity index (χ3v) is 5.32. The van der Waals surface area contributed by atoms with Crippen molar-refractivity contribution in [3.05, 3.63) is 53.6 Å². The molecule has 0 saturated heterocycles. The highest BCUT2D eigenvalue weighted by Gasteiger charge is 2.38. The van der Waals surface area contributed by atoms with Crippen LogP contribution in [0.3, 0.4) is 0 Å². The maximum absolute atomic E-state index is 12.8. The molecule has 2 aromatic carbocycles. The van der Waals surface area contributed by atoms with E-state index in [2.05, 4.69) is 5.10 Å². The zero-order valence-corrected chi connectivity index (χ0v) is 12.7. The summed E-state index contributed by atoms with van der Waals surface area (Å²) in [5, 5.41) is 14.3. The van der Waals surface area contributed by atoms with Crippen molar-refractivity contribution in [1.29, 1.82) is 0 Å². The van der Waals surface area contributed by atoms with Crippen molar-refractivity contribution in [2.75, 3.05) is 5.73 Å². The van der Waals surface area contributed by atoms with Gasteiger partial charge in [-0.1, -0.05) is 24.3 Å². The second-order valence-corrected chi connectivity index (χ2v) is 6.81. The van der Waals surface area contributed by atoms with Crippen LogP contribution < -0.4 is 11.2 Å². The van der Waals surface area contributed by atoms with Crippen LogP contribution in [-0.4, -0.2) is 31.0 Å². The first-order chi connectivity index (χ1) is 10.4. The number of hydrazone groups is 1. The first-order valence-corrected chi connectivity index (χ1v) is 8.07. The monoisotopic (exact) mass is 315 g/mol. The molecule has 0 saturated carbocycles. The summed E-state index contributed by atoms with van der Waals surface area (Å²) >= 11 is 0. The van der Waals surface area contributed by atoms with E-state index >= 15 is 0 Å². The number of nitrogen functional groups attached to an aromatic ring is 1. The van der Waals surface area contributed by atoms with Gasteiger partial charge in [0, 0.05) is 5.69 Å². The predicted octanol–water partition coefficient (Wildman–Crippen LogP) is 0.303. The molecule has 112 valence electrons. The molecule has 1 aliphatic rings. The van der Waals surface area contributed by atoms with Gasteiger partial charge in [0.2, 0.25) is 0 Å². The zero-order valence-electron chi connectivity index (χ0n) is 11.8. The Morgan fingerprint density at radius 2 is 1.95 bits per heavy atom. The lowest BCUT2D eigenvalue weighted by atomic mass is 9.72. The van der Waals surface area contributed by atoms with Gasteiger partial charge in [-0.2, -0.15) is 9.43 Å². The molecular formula is C14H14BN3O3S. The van der Waals surface area contributed by atoms with Crippen LogP contribution >= 0.6 is 0 Å². The van der Waals surface area contributed by atoms with E-state index in [1.54, 1.807) is 37.3 Å². The Morgan fingerprint density at radius 1 is 1.23 bits per heavy atom. The molecule has 0 aromatic heterocycles. The fourth-order valence-corrected chi connectivity index (χ4v) is 3.88. The summed E-state index contributed by atoms with van der Waals surface area (Å²) < 4.78 is 26.2. The molecule has 1 heterocycles. The molecule has 0 bridgehead atoms. The van der Waals surface area contributed by atoms with Gasteiger partial charge in [0.1, 0.15) is 0 Å². The number of fused-ring (bicyclic) bond motifs is 1. The molecule has 0 unspecified atom stereocenters. The van der Waals surface area contributed by atoms with Crippen LogP contribution in [-0.2, 0) is 10.0 Å². The van der Waals surface area contributed by atoms with Crippen LogP contribution in [0.15, 0.2) is 52.5 Å². The molecule has 0 radical (unpaired) electrons. The minimum Gasteiger partial charge on any atom is -0.427 e. The van der Waals surface area contributed by atoms with E-state index in [9.17, 15) is 13.4 Å². The summed E-state index contributed by atoms with van der Waals surface area (Å²) in [6, 6.07) is 11.5. The number of anilines is 1. The van der Waals surface area contributed by atoms with Gasteiger partial charge in [-0.3, -0.25) is 0 Å². The van der Waals surface area contributed by atoms with E-state index in [1.807, 2.05) is 0 Å². The van der Waals surface area contributed by atoms with Gasteiger partial charge in [-0.15, -0.1) is 0 Å². The van der Waals surface area contributed by atoms with Crippen LogP contribution in [0.1, 0.15) is 11.1 Å². The molecule has 22 heavy (non-hydrogen) atoms. The van der Waals surface area contributed by atoms with E-state index in [0.717, 1.165) is 0 Å². The van der Waals surface area contributed by atoms with Gasteiger partial charge in [0.15, 0.2) is 0 Å². The van der Waals surface area contributed by atoms with Crippen molar-refractivity contribution in [2.45, 2.75) is 11.8 Å². The van der Waals surface area contributed by atoms with Crippen molar-refractivity contribution in [2.24, 2.45) is 5.10 Å². The lowest BCUT2D eigenvalue weighted by molar-refractivity contribution is 0.476. The molecule has 1 aliphatic heterocycles. The fraction of sp³-hybridized carbons (Fsp3) is 0.0714. The number of nitrogens with two attached hydrogens (primary N) is 1. The Morgan fingerprint density at radius 3 is 2.68 bits per heavy atom. The van der Waals surface area contributed by atoms with Crippen molar-refractivity contribution in [1.82, 2.24) is 4.33 Å². The van der Waals surface area contributed by atoms with Gasteiger partial charge >= 0.3 is 7.05 Å². The third kappa shape index (κ3) is 2.26. The first kappa shape index (κ1) is 14.6. The van der Waals surface area contributed by atoms with Gasteiger partial charge in [0.05, 0.1) is 11.1 Å². The van der Waals surface area contributed by atoms with E-state index in [1.165, 1.54) is 18.3 Å². The Balaban J connectivity index is 2.08. The largest absolute Gasteiger partial charge is 0.484 e. The van der Waals surface area contributed by atoms with Gasteiger partial charge in [-0.05, 0) is 41.7 Å². The summed E-state index contributed by atoms with van der Waals surface area (Å²) in [5.41, 5.74) is 7.81. The minimum atomic E-state index is -3.97. The summed E-state index contributed by atoms with van der Waals surface area (Å²) in [4.78, 5) is 0.0669. The fourth-order valence-electron chi connectivity index (χ4n) is 2.42. The summed E-state index contributed by atoms with van der Waals surface area (Å²) in [5.74, 6) is 0. The molecule has 3 N–H and O–H groups in total. The van der Waals surface area contributed by atoms with E-state index in [0.29, 0.717) is 26.6 Å². The minimum absolute atomic E-state index is 0.0669. The Kier molecular flexibility index (Phi) is 3.42. The molecule has 0 atom stereocenters. The predicted molar refractivity (Wildman–Crippen MR) is 86.3 cm³/mol. The molecule has 0 spiro atoms. The standard InChI is InChI=1S/C14H14BN3O3S/c1-10-8-12(16)6-7-14(10)22(20,21)18-15(19)13-5-3-2-4-11(13)9-17-18/h2-9,19H,16H2,1H3. The number of rotatable bonds is 2. The lowest BCUT2D eigenvalue weighted by Gasteiger charge is -2.26. The van der Waals surface area contributed by atoms with Crippen molar-refractivity contribution in [3.63, 3.8) is 0 Å². The third-order valence-electron chi connectivity index (χ3n) is 3.52. The van der Waals surface area contributed by atoms with Crippen LogP contribution in [0.4, 0.5) is 5.69 Å². The van der Waals surface area contributed by atoms with Gasteiger partial charge < -0.3 is 10.8 Å². The van der Waals surface area contributed by atoms with Crippen LogP contribution in [0, 0.1) is 6.92 Å². The first-order valence-electron chi connectivity index (χ1n) is 6.63. The Hall–Kier alpha value is -2.32. The SMILES string of the molecule is Cc1cc(N)ccc1S(=O)(=O)N1N=Cc2ccccc2B1O. The normalized spacial score (nSPS) is 14.1. The molecule has 6 nitrogen and oxygen atoms in total. The molecule has 0 fully saturated rings. The second kappa shape index (κ2) is 5.15. The lowest BCUT2D eigenvalue weighted by Crippen LogP contribution is -2.52. The summed E-state index contributed by atoms with van der Waals surface area (Å²) in [6.45, 7) is 1.65.